The van der Waals surface area contributed by atoms with Crippen LogP contribution in [-0.4, -0.2) is 46.8 Å². The van der Waals surface area contributed by atoms with E-state index in [2.05, 4.69) is 15.3 Å². The number of nitrogens with two attached hydrogens (primary N) is 1. The van der Waals surface area contributed by atoms with Crippen LogP contribution in [0.3, 0.4) is 0 Å². The summed E-state index contributed by atoms with van der Waals surface area (Å²) < 4.78 is 79.9. The van der Waals surface area contributed by atoms with Crippen LogP contribution in [0.4, 0.5) is 27.8 Å². The lowest BCUT2D eigenvalue weighted by molar-refractivity contribution is -0.272. The topological polar surface area (TPSA) is 116 Å². The zero-order chi connectivity index (χ0) is 24.7. The standard InChI is InChI=1S/C20H19F5N4O4/c1-8-13(9-4-5-10(21)14(22)15(9)32-3)16(33-19(8,2)20(23,24)25)18(31)29-12-7-27-6-11(28-12)17(26)30/h4-8,13,16H,1-3H3,(H2,26,30)(H,28,29,31)/t8-,13-,16-,19-/m0/s1. The third-order valence-corrected chi connectivity index (χ3v) is 5.71. The van der Waals surface area contributed by atoms with E-state index in [-0.39, 0.29) is 17.1 Å². The Hall–Kier alpha value is -3.35. The monoisotopic (exact) mass is 474 g/mol. The number of nitrogens with zero attached hydrogens (tertiary/aromatic N) is 2. The van der Waals surface area contributed by atoms with Gasteiger partial charge in [0.15, 0.2) is 23.0 Å². The van der Waals surface area contributed by atoms with Gasteiger partial charge in [0.25, 0.3) is 11.8 Å². The Morgan fingerprint density at radius 2 is 1.91 bits per heavy atom. The molecule has 0 bridgehead atoms. The number of aromatic nitrogens is 2. The van der Waals surface area contributed by atoms with Crippen LogP contribution in [-0.2, 0) is 9.53 Å². The molecule has 3 N–H and O–H groups in total. The number of rotatable bonds is 5. The number of nitrogens with one attached hydrogen (secondary N) is 1. The molecule has 0 radical (unpaired) electrons. The fraction of sp³-hybridized carbons (Fsp3) is 0.400. The second-order valence-corrected chi connectivity index (χ2v) is 7.58. The average Bonchev–Trinajstić information content (AvgIpc) is 3.02. The minimum absolute atomic E-state index is 0.186. The highest BCUT2D eigenvalue weighted by Gasteiger charge is 2.65. The van der Waals surface area contributed by atoms with Crippen LogP contribution in [0.15, 0.2) is 24.5 Å². The minimum Gasteiger partial charge on any atom is -0.493 e. The molecule has 8 nitrogen and oxygen atoms in total. The van der Waals surface area contributed by atoms with E-state index in [1.54, 1.807) is 0 Å². The van der Waals surface area contributed by atoms with Crippen LogP contribution in [0.1, 0.15) is 35.8 Å². The Kier molecular flexibility index (Phi) is 6.29. The molecular formula is C20H19F5N4O4. The van der Waals surface area contributed by atoms with Gasteiger partial charge in [0.1, 0.15) is 11.8 Å². The molecule has 1 saturated heterocycles. The summed E-state index contributed by atoms with van der Waals surface area (Å²) in [7, 11) is 1.02. The lowest BCUT2D eigenvalue weighted by atomic mass is 9.77. The molecule has 1 aromatic heterocycles. The van der Waals surface area contributed by atoms with Crippen LogP contribution in [0.25, 0.3) is 0 Å². The molecule has 0 saturated carbocycles. The highest BCUT2D eigenvalue weighted by Crippen LogP contribution is 2.54. The lowest BCUT2D eigenvalue weighted by Gasteiger charge is -2.32. The maximum atomic E-state index is 14.3. The number of carbonyl (C=O) groups is 2. The van der Waals surface area contributed by atoms with Gasteiger partial charge in [-0.1, -0.05) is 13.0 Å². The molecule has 0 aliphatic carbocycles. The molecule has 0 spiro atoms. The molecule has 0 unspecified atom stereocenters. The van der Waals surface area contributed by atoms with E-state index in [0.29, 0.717) is 0 Å². The van der Waals surface area contributed by atoms with Gasteiger partial charge in [0.2, 0.25) is 5.82 Å². The van der Waals surface area contributed by atoms with E-state index in [1.165, 1.54) is 6.92 Å². The SMILES string of the molecule is COc1c([C@H]2[C@@H](C(=O)Nc3cncc(C(N)=O)n3)O[C@](C)(C(F)(F)F)[C@H]2C)ccc(F)c1F. The first-order valence-corrected chi connectivity index (χ1v) is 9.51. The molecule has 1 aliphatic rings. The first-order chi connectivity index (χ1) is 15.3. The molecule has 1 fully saturated rings. The first kappa shape index (κ1) is 24.3. The summed E-state index contributed by atoms with van der Waals surface area (Å²) in [5.41, 5.74) is 1.82. The van der Waals surface area contributed by atoms with E-state index >= 15 is 0 Å². The molecule has 2 amide bonds. The maximum absolute atomic E-state index is 14.3. The summed E-state index contributed by atoms with van der Waals surface area (Å²) in [6.07, 6.45) is -4.65. The van der Waals surface area contributed by atoms with Crippen molar-refractivity contribution in [3.63, 3.8) is 0 Å². The largest absolute Gasteiger partial charge is 0.493 e. The van der Waals surface area contributed by atoms with Crippen LogP contribution in [0, 0.1) is 17.6 Å². The second kappa shape index (κ2) is 8.54. The number of carbonyl (C=O) groups excluding carboxylic acids is 2. The molecule has 4 atom stereocenters. The lowest BCUT2D eigenvalue weighted by Crippen LogP contribution is -2.47. The van der Waals surface area contributed by atoms with Gasteiger partial charge < -0.3 is 20.5 Å². The second-order valence-electron chi connectivity index (χ2n) is 7.58. The third-order valence-electron chi connectivity index (χ3n) is 5.71. The normalized spacial score (nSPS) is 25.0. The van der Waals surface area contributed by atoms with E-state index in [1.807, 2.05) is 0 Å². The van der Waals surface area contributed by atoms with Gasteiger partial charge in [-0.3, -0.25) is 14.6 Å². The summed E-state index contributed by atoms with van der Waals surface area (Å²) >= 11 is 0. The van der Waals surface area contributed by atoms with Crippen molar-refractivity contribution in [1.82, 2.24) is 9.97 Å². The average molecular weight is 474 g/mol. The number of hydrogen-bond acceptors (Lipinski definition) is 6. The van der Waals surface area contributed by atoms with Crippen LogP contribution < -0.4 is 15.8 Å². The Morgan fingerprint density at radius 1 is 1.24 bits per heavy atom. The number of ether oxygens (including phenoxy) is 2. The van der Waals surface area contributed by atoms with E-state index < -0.39 is 58.9 Å². The van der Waals surface area contributed by atoms with Crippen molar-refractivity contribution in [3.8, 4) is 5.75 Å². The first-order valence-electron chi connectivity index (χ1n) is 9.51. The summed E-state index contributed by atoms with van der Waals surface area (Å²) in [5.74, 6) is -8.45. The van der Waals surface area contributed by atoms with Crippen molar-refractivity contribution in [2.24, 2.45) is 11.7 Å². The van der Waals surface area contributed by atoms with E-state index in [9.17, 15) is 31.5 Å². The molecular weight excluding hydrogens is 455 g/mol. The Bertz CT molecular complexity index is 1100. The zero-order valence-electron chi connectivity index (χ0n) is 17.5. The third kappa shape index (κ3) is 4.19. The minimum atomic E-state index is -4.91. The van der Waals surface area contributed by atoms with E-state index in [0.717, 1.165) is 38.6 Å². The molecule has 13 heteroatoms. The number of methoxy groups -OCH3 is 1. The molecule has 3 rings (SSSR count). The Balaban J connectivity index is 2.07. The Labute approximate surface area is 184 Å². The highest BCUT2D eigenvalue weighted by atomic mass is 19.4. The summed E-state index contributed by atoms with van der Waals surface area (Å²) in [5, 5.41) is 2.23. The fourth-order valence-corrected chi connectivity index (χ4v) is 3.78. The van der Waals surface area contributed by atoms with Crippen molar-refractivity contribution in [1.29, 1.82) is 0 Å². The molecule has 33 heavy (non-hydrogen) atoms. The summed E-state index contributed by atoms with van der Waals surface area (Å²) in [4.78, 5) is 31.7. The number of halogens is 5. The van der Waals surface area contributed by atoms with Gasteiger partial charge >= 0.3 is 6.18 Å². The highest BCUT2D eigenvalue weighted by molar-refractivity contribution is 5.95. The zero-order valence-corrected chi connectivity index (χ0v) is 17.5. The van der Waals surface area contributed by atoms with Crippen molar-refractivity contribution in [2.45, 2.75) is 37.6 Å². The number of amides is 2. The number of anilines is 1. The molecule has 1 aromatic carbocycles. The molecule has 1 aliphatic heterocycles. The van der Waals surface area contributed by atoms with Crippen LogP contribution in [0.5, 0.6) is 5.75 Å². The predicted molar refractivity (Wildman–Crippen MR) is 103 cm³/mol. The van der Waals surface area contributed by atoms with Gasteiger partial charge in [0, 0.05) is 17.4 Å². The van der Waals surface area contributed by atoms with Gasteiger partial charge in [0.05, 0.1) is 19.5 Å². The van der Waals surface area contributed by atoms with Crippen molar-refractivity contribution in [3.05, 3.63) is 47.4 Å². The van der Waals surface area contributed by atoms with E-state index in [4.69, 9.17) is 15.2 Å². The van der Waals surface area contributed by atoms with Gasteiger partial charge in [-0.2, -0.15) is 17.6 Å². The number of hydrogen-bond donors (Lipinski definition) is 2. The predicted octanol–water partition coefficient (Wildman–Crippen LogP) is 2.94. The number of alkyl halides is 3. The van der Waals surface area contributed by atoms with Crippen molar-refractivity contribution < 1.29 is 41.0 Å². The van der Waals surface area contributed by atoms with Crippen LogP contribution in [0.2, 0.25) is 0 Å². The number of primary amides is 1. The van der Waals surface area contributed by atoms with Crippen LogP contribution >= 0.6 is 0 Å². The van der Waals surface area contributed by atoms with Crippen molar-refractivity contribution in [2.75, 3.05) is 12.4 Å². The molecule has 2 heterocycles. The van der Waals surface area contributed by atoms with Gasteiger partial charge in [-0.15, -0.1) is 0 Å². The van der Waals surface area contributed by atoms with Gasteiger partial charge in [-0.05, 0) is 13.0 Å². The quantitative estimate of drug-likeness (QED) is 0.644. The number of benzene rings is 1. The van der Waals surface area contributed by atoms with Crippen molar-refractivity contribution >= 4 is 17.6 Å². The van der Waals surface area contributed by atoms with Gasteiger partial charge in [-0.25, -0.2) is 9.37 Å². The maximum Gasteiger partial charge on any atom is 0.417 e. The summed E-state index contributed by atoms with van der Waals surface area (Å²) in [6, 6.07) is 1.76. The fourth-order valence-electron chi connectivity index (χ4n) is 3.78. The summed E-state index contributed by atoms with van der Waals surface area (Å²) in [6.45, 7) is 1.94. The smallest absolute Gasteiger partial charge is 0.417 e. The Morgan fingerprint density at radius 3 is 2.48 bits per heavy atom. The molecule has 2 aromatic rings. The molecule has 178 valence electrons.